The number of likely N-dealkylation sites (tertiary alicyclic amines) is 3. The highest BCUT2D eigenvalue weighted by Gasteiger charge is 2.31. The predicted molar refractivity (Wildman–Crippen MR) is 548 cm³/mol. The maximum atomic E-state index is 13.6. The Balaban J connectivity index is 0.000000115. The molecule has 3 saturated heterocycles. The lowest BCUT2D eigenvalue weighted by Gasteiger charge is -2.28. The van der Waals surface area contributed by atoms with E-state index in [2.05, 4.69) is 221 Å². The standard InChI is InChI=1S/C27H34N6.C22H27FN4O.C21H24FN3O.C21H23FN2O.C20H20F3N3/c1-28-18-5-8-25-22(14-18)21-7-9-26(31-27(21)33(25)3)30-19-4-6-20-23(16-29-24(20)15-19)17-10-12-32(2)13-11-17;1-24-15-6-4-14(5-7-15)18-13-27(2)22-17(18)9-11-21(26-22)25-16-8-10-19(23)20(12-16)28-3;1-25-9-7-14(8-10-25)18-13-23-20-11-15(3-5-17(18)20)24-16-4-6-19(22)21(12-16)26-2;1-23-15-5-8-20-17(12-15)16-10-13(4-7-19(16)24-20)9-14-3-6-18(22)21(11-14)25-2;1-26-6-4-12(5-7-26)16-11-24-19-10-13(2-3-15(16)19)25-14-8-17(21)20(23)18(22)9-14/h4,6-7,9,15-18,28-29H,5,8,10-14H2,1-3H3,(H,30,31);8-15,24H,4-7H2,1-3H3,(H,25,26);3-6,11-14,23-24H,7-10H2,1-2H3;3-4,6-7,10-11,15,23-24H,5,8-9,12H2,1-2H3;2-3,8-12,24-25H,4-7H2,1H3. The average molecular weight is 1880 g/mol. The molecule has 138 heavy (non-hydrogen) atoms. The molecule has 6 aliphatic rings. The zero-order valence-corrected chi connectivity index (χ0v) is 80.8. The van der Waals surface area contributed by atoms with Crippen LogP contribution in [0, 0.1) is 34.9 Å². The third kappa shape index (κ3) is 21.4. The Morgan fingerprint density at radius 3 is 1.28 bits per heavy atom. The van der Waals surface area contributed by atoms with Crippen LogP contribution in [0.15, 0.2) is 189 Å². The lowest BCUT2D eigenvalue weighted by atomic mass is 9.82. The van der Waals surface area contributed by atoms with Crippen LogP contribution in [-0.2, 0) is 46.2 Å². The molecule has 0 radical (unpaired) electrons. The Kier molecular flexibility index (Phi) is 29.6. The number of aryl methyl sites for hydroxylation is 3. The van der Waals surface area contributed by atoms with Crippen LogP contribution >= 0.6 is 0 Å². The van der Waals surface area contributed by atoms with Crippen LogP contribution in [0.3, 0.4) is 0 Å². The highest BCUT2D eigenvalue weighted by molar-refractivity contribution is 5.92. The number of benzene rings is 8. The number of hydrogen-bond acceptors (Lipinski definition) is 15. The number of rotatable bonds is 20. The van der Waals surface area contributed by atoms with Crippen LogP contribution in [0.1, 0.15) is 157 Å². The van der Waals surface area contributed by atoms with Gasteiger partial charge in [0.25, 0.3) is 0 Å². The third-order valence-corrected chi connectivity index (χ3v) is 29.6. The zero-order chi connectivity index (χ0) is 95.9. The van der Waals surface area contributed by atoms with Gasteiger partial charge in [0.1, 0.15) is 22.9 Å². The number of nitrogens with one attached hydrogen (secondary N) is 11. The minimum absolute atomic E-state index is 0.169. The first-order valence-corrected chi connectivity index (χ1v) is 48.7. The van der Waals surface area contributed by atoms with Gasteiger partial charge in [0, 0.05) is 181 Å². The first-order valence-electron chi connectivity index (χ1n) is 48.7. The Labute approximate surface area is 803 Å². The van der Waals surface area contributed by atoms with Gasteiger partial charge in [-0.3, -0.25) is 0 Å². The van der Waals surface area contributed by atoms with Crippen LogP contribution < -0.4 is 51.4 Å². The molecule has 0 spiro atoms. The topological polar surface area (TPSA) is 220 Å². The molecule has 2 unspecified atom stereocenters. The van der Waals surface area contributed by atoms with Crippen molar-refractivity contribution < 1.29 is 40.6 Å². The van der Waals surface area contributed by atoms with Gasteiger partial charge in [-0.25, -0.2) is 36.3 Å². The summed E-state index contributed by atoms with van der Waals surface area (Å²) in [4.78, 5) is 30.8. The normalized spacial score (nSPS) is 17.9. The van der Waals surface area contributed by atoms with Crippen molar-refractivity contribution in [2.75, 3.05) is 124 Å². The summed E-state index contributed by atoms with van der Waals surface area (Å²) < 4.78 is 100. The van der Waals surface area contributed by atoms with E-state index in [-0.39, 0.29) is 34.6 Å². The van der Waals surface area contributed by atoms with Crippen molar-refractivity contribution in [3.63, 3.8) is 0 Å². The van der Waals surface area contributed by atoms with Crippen LogP contribution in [0.2, 0.25) is 0 Å². The van der Waals surface area contributed by atoms with Crippen molar-refractivity contribution in [2.45, 2.75) is 151 Å². The van der Waals surface area contributed by atoms with Crippen molar-refractivity contribution in [1.29, 1.82) is 0 Å². The summed E-state index contributed by atoms with van der Waals surface area (Å²) in [6.07, 6.45) is 28.2. The van der Waals surface area contributed by atoms with Crippen molar-refractivity contribution >= 4 is 111 Å². The van der Waals surface area contributed by atoms with Gasteiger partial charge in [0.05, 0.1) is 21.3 Å². The fraction of sp³-hybridized carbons (Fsp3) is 0.369. The molecule has 4 fully saturated rings. The summed E-state index contributed by atoms with van der Waals surface area (Å²) in [7, 11) is 21.3. The third-order valence-electron chi connectivity index (χ3n) is 29.6. The number of nitrogens with zero attached hydrogens (tertiary/aromatic N) is 7. The van der Waals surface area contributed by atoms with E-state index in [9.17, 15) is 26.3 Å². The first-order chi connectivity index (χ1) is 67.0. The van der Waals surface area contributed by atoms with E-state index < -0.39 is 17.5 Å². The largest absolute Gasteiger partial charge is 0.494 e. The molecule has 0 amide bonds. The van der Waals surface area contributed by atoms with Gasteiger partial charge in [-0.1, -0.05) is 30.3 Å². The number of ether oxygens (including phenoxy) is 3. The Morgan fingerprint density at radius 1 is 0.355 bits per heavy atom. The number of halogens is 6. The quantitative estimate of drug-likeness (QED) is 0.0252. The van der Waals surface area contributed by atoms with E-state index in [0.717, 1.165) is 146 Å². The van der Waals surface area contributed by atoms with E-state index in [4.69, 9.17) is 24.2 Å². The smallest absolute Gasteiger partial charge is 0.194 e. The van der Waals surface area contributed by atoms with Crippen LogP contribution in [-0.4, -0.2) is 175 Å². The second-order valence-corrected chi connectivity index (χ2v) is 38.4. The number of anilines is 8. The van der Waals surface area contributed by atoms with E-state index in [0.29, 0.717) is 53.2 Å². The van der Waals surface area contributed by atoms with Gasteiger partial charge in [-0.15, -0.1) is 0 Å². The number of piperidine rings is 3. The monoisotopic (exact) mass is 1880 g/mol. The molecule has 21 nitrogen and oxygen atoms in total. The summed E-state index contributed by atoms with van der Waals surface area (Å²) in [5.74, 6) is -0.150. The number of methoxy groups -OCH3 is 3. The van der Waals surface area contributed by atoms with Gasteiger partial charge in [0.15, 0.2) is 52.2 Å². The van der Waals surface area contributed by atoms with Crippen LogP contribution in [0.5, 0.6) is 17.2 Å². The number of fused-ring (bicyclic) bond motifs is 10. The molecule has 22 rings (SSSR count). The second-order valence-electron chi connectivity index (χ2n) is 38.4. The van der Waals surface area contributed by atoms with Crippen LogP contribution in [0.4, 0.5) is 72.1 Å². The number of hydrogen-bond donors (Lipinski definition) is 11. The molecule has 8 aromatic carbocycles. The van der Waals surface area contributed by atoms with Crippen LogP contribution in [0.25, 0.3) is 65.7 Å². The van der Waals surface area contributed by atoms with E-state index in [1.165, 1.54) is 211 Å². The van der Waals surface area contributed by atoms with Gasteiger partial charge in [0.2, 0.25) is 0 Å². The maximum Gasteiger partial charge on any atom is 0.194 e. The molecule has 11 heterocycles. The van der Waals surface area contributed by atoms with E-state index in [1.807, 2.05) is 44.4 Å². The number of pyridine rings is 2. The molecular formula is C111H128F6N18O3. The molecule has 1 saturated carbocycles. The second kappa shape index (κ2) is 42.7. The number of H-pyrrole nitrogens is 4. The number of aromatic amines is 4. The number of aromatic nitrogens is 8. The molecule has 3 aliphatic carbocycles. The average Bonchev–Trinajstić information content (AvgIpc) is 1.60. The highest BCUT2D eigenvalue weighted by atomic mass is 19.2. The van der Waals surface area contributed by atoms with Crippen molar-refractivity contribution in [3.05, 3.63) is 279 Å². The lowest BCUT2D eigenvalue weighted by molar-refractivity contribution is 0.256. The maximum absolute atomic E-state index is 13.6. The first kappa shape index (κ1) is 95.5. The molecule has 27 heteroatoms. The summed E-state index contributed by atoms with van der Waals surface area (Å²) in [6.45, 7) is 6.87. The minimum Gasteiger partial charge on any atom is -0.494 e. The van der Waals surface area contributed by atoms with E-state index in [1.54, 1.807) is 30.3 Å². The summed E-state index contributed by atoms with van der Waals surface area (Å²) in [6, 6.07) is 52.1. The Morgan fingerprint density at radius 2 is 0.768 bits per heavy atom. The summed E-state index contributed by atoms with van der Waals surface area (Å²) in [5.41, 5.74) is 24.6. The van der Waals surface area contributed by atoms with Gasteiger partial charge < -0.3 is 95.2 Å². The van der Waals surface area contributed by atoms with Gasteiger partial charge in [-0.2, -0.15) is 0 Å². The molecular weight excluding hydrogens is 1750 g/mol. The van der Waals surface area contributed by atoms with Gasteiger partial charge in [-0.05, 0) is 368 Å². The Hall–Kier alpha value is -12.8. The molecule has 11 N–H and O–H groups in total. The van der Waals surface area contributed by atoms with Crippen molar-refractivity contribution in [1.82, 2.24) is 69.7 Å². The molecule has 722 valence electrons. The zero-order valence-electron chi connectivity index (χ0n) is 80.8. The van der Waals surface area contributed by atoms with E-state index >= 15 is 0 Å². The molecule has 2 atom stereocenters. The summed E-state index contributed by atoms with van der Waals surface area (Å²) >= 11 is 0. The number of likely N-dealkylation sites (N-methyl/N-ethyl adjacent to an activating group) is 2. The highest BCUT2D eigenvalue weighted by Crippen LogP contribution is 2.43. The molecule has 3 aliphatic heterocycles. The predicted octanol–water partition coefficient (Wildman–Crippen LogP) is 23.4. The van der Waals surface area contributed by atoms with Crippen molar-refractivity contribution in [3.8, 4) is 17.2 Å². The molecule has 16 aromatic rings. The summed E-state index contributed by atoms with van der Waals surface area (Å²) in [5, 5.41) is 31.0. The fourth-order valence-corrected chi connectivity index (χ4v) is 21.6. The lowest BCUT2D eigenvalue weighted by Crippen LogP contribution is -2.31. The fourth-order valence-electron chi connectivity index (χ4n) is 21.6. The van der Waals surface area contributed by atoms with Crippen molar-refractivity contribution in [2.24, 2.45) is 14.1 Å². The molecule has 8 aromatic heterocycles. The minimum atomic E-state index is -1.46. The molecule has 0 bridgehead atoms. The Bertz CT molecular complexity index is 6940. The van der Waals surface area contributed by atoms with Gasteiger partial charge >= 0.3 is 0 Å². The SMILES string of the molecule is CN1CCC(c2c[nH]c3cc(Nc4cc(F)c(F)c(F)c4)ccc23)CC1.CNC1CCC(c2cn(C)c3nc(Nc4ccc(F)c(OC)c4)ccc23)CC1.CNC1CCc2[nH]c3ccc(Cc4ccc(F)c(OC)c4)cc3c2C1.CNC1CCc2c(c3ccc(Nc4ccc5c(C6CCN(C)CC6)c[nH]c5c4)nc3n2C)C1.COc1cc(Nc2ccc3c(C4CCN(C)CC4)c[nH]c3c2)ccc1F.